The number of nitrogens with one attached hydrogen (secondary N) is 1. The lowest BCUT2D eigenvalue weighted by molar-refractivity contribution is 0.102. The number of aromatic nitrogens is 3. The van der Waals surface area contributed by atoms with E-state index < -0.39 is 0 Å². The number of halogens is 1. The number of anilines is 1. The minimum atomic E-state index is -0.344. The zero-order valence-corrected chi connectivity index (χ0v) is 17.2. The van der Waals surface area contributed by atoms with Crippen LogP contribution in [-0.2, 0) is 6.61 Å². The number of carbonyl (C=O) groups excluding carboxylic acids is 1. The molecule has 0 aliphatic heterocycles. The number of amides is 1. The van der Waals surface area contributed by atoms with Crippen molar-refractivity contribution in [3.63, 3.8) is 0 Å². The molecule has 8 nitrogen and oxygen atoms in total. The van der Waals surface area contributed by atoms with Crippen molar-refractivity contribution in [3.05, 3.63) is 83.5 Å². The summed E-state index contributed by atoms with van der Waals surface area (Å²) in [4.78, 5) is 16.2. The third-order valence-electron chi connectivity index (χ3n) is 4.28. The third-order valence-corrected chi connectivity index (χ3v) is 4.58. The van der Waals surface area contributed by atoms with E-state index in [1.807, 2.05) is 24.3 Å². The first-order chi connectivity index (χ1) is 15.1. The standard InChI is InChI=1S/C22H17ClN4O4/c1-29-16-8-4-14(5-9-16)22-27-26-19(31-22)13-30-17-10-6-15(7-11-17)25-21(28)18-3-2-12-24-20(18)23/h2-12H,13H2,1H3,(H,25,28). The molecule has 0 unspecified atom stereocenters. The third kappa shape index (κ3) is 4.99. The highest BCUT2D eigenvalue weighted by Gasteiger charge is 2.12. The normalized spacial score (nSPS) is 10.5. The molecule has 0 aliphatic carbocycles. The Balaban J connectivity index is 1.34. The van der Waals surface area contributed by atoms with Gasteiger partial charge in [-0.3, -0.25) is 4.79 Å². The van der Waals surface area contributed by atoms with Crippen LogP contribution in [0.25, 0.3) is 11.5 Å². The Kier molecular flexibility index (Phi) is 6.09. The van der Waals surface area contributed by atoms with Crippen LogP contribution in [-0.4, -0.2) is 28.2 Å². The number of nitrogens with zero attached hydrogens (tertiary/aromatic N) is 3. The number of hydrogen-bond donors (Lipinski definition) is 1. The van der Waals surface area contributed by atoms with E-state index in [-0.39, 0.29) is 17.7 Å². The van der Waals surface area contributed by atoms with Gasteiger partial charge in [0.15, 0.2) is 6.61 Å². The molecule has 1 N–H and O–H groups in total. The summed E-state index contributed by atoms with van der Waals surface area (Å²) >= 11 is 5.95. The second kappa shape index (κ2) is 9.27. The summed E-state index contributed by atoms with van der Waals surface area (Å²) in [6.45, 7) is 0.111. The second-order valence-corrected chi connectivity index (χ2v) is 6.70. The van der Waals surface area contributed by atoms with Gasteiger partial charge in [-0.1, -0.05) is 11.6 Å². The maximum atomic E-state index is 12.3. The van der Waals surface area contributed by atoms with E-state index in [0.29, 0.717) is 28.8 Å². The monoisotopic (exact) mass is 436 g/mol. The number of carbonyl (C=O) groups is 1. The van der Waals surface area contributed by atoms with E-state index >= 15 is 0 Å². The highest BCUT2D eigenvalue weighted by Crippen LogP contribution is 2.22. The summed E-state index contributed by atoms with van der Waals surface area (Å²) in [6.07, 6.45) is 1.52. The lowest BCUT2D eigenvalue weighted by Gasteiger charge is -2.08. The molecule has 0 aliphatic rings. The van der Waals surface area contributed by atoms with Crippen molar-refractivity contribution in [2.45, 2.75) is 6.61 Å². The van der Waals surface area contributed by atoms with Crippen LogP contribution in [0.4, 0.5) is 5.69 Å². The van der Waals surface area contributed by atoms with Gasteiger partial charge in [0.05, 0.1) is 12.7 Å². The molecule has 0 fully saturated rings. The van der Waals surface area contributed by atoms with Gasteiger partial charge in [-0.25, -0.2) is 4.98 Å². The molecular formula is C22H17ClN4O4. The van der Waals surface area contributed by atoms with Crippen molar-refractivity contribution in [2.24, 2.45) is 0 Å². The van der Waals surface area contributed by atoms with Gasteiger partial charge in [0.1, 0.15) is 16.7 Å². The Morgan fingerprint density at radius 2 is 1.77 bits per heavy atom. The summed E-state index contributed by atoms with van der Waals surface area (Å²) in [5.74, 6) is 1.73. The molecule has 0 bridgehead atoms. The Hall–Kier alpha value is -3.91. The molecule has 9 heteroatoms. The number of ether oxygens (including phenoxy) is 2. The van der Waals surface area contributed by atoms with Gasteiger partial charge < -0.3 is 19.2 Å². The smallest absolute Gasteiger partial charge is 0.258 e. The molecule has 4 aromatic rings. The highest BCUT2D eigenvalue weighted by atomic mass is 35.5. The first kappa shape index (κ1) is 20.4. The number of benzene rings is 2. The van der Waals surface area contributed by atoms with E-state index in [1.54, 1.807) is 43.5 Å². The lowest BCUT2D eigenvalue weighted by Crippen LogP contribution is -2.12. The minimum Gasteiger partial charge on any atom is -0.497 e. The van der Waals surface area contributed by atoms with Crippen molar-refractivity contribution in [1.29, 1.82) is 0 Å². The van der Waals surface area contributed by atoms with Crippen LogP contribution in [0.2, 0.25) is 5.15 Å². The van der Waals surface area contributed by atoms with Crippen LogP contribution < -0.4 is 14.8 Å². The topological polar surface area (TPSA) is 99.4 Å². The Morgan fingerprint density at radius 3 is 2.48 bits per heavy atom. The predicted octanol–water partition coefficient (Wildman–Crippen LogP) is 4.62. The summed E-state index contributed by atoms with van der Waals surface area (Å²) in [5.41, 5.74) is 1.68. The average molecular weight is 437 g/mol. The number of methoxy groups -OCH3 is 1. The van der Waals surface area contributed by atoms with Crippen LogP contribution >= 0.6 is 11.6 Å². The van der Waals surface area contributed by atoms with Gasteiger partial charge >= 0.3 is 0 Å². The molecule has 0 radical (unpaired) electrons. The van der Waals surface area contributed by atoms with E-state index in [0.717, 1.165) is 11.3 Å². The summed E-state index contributed by atoms with van der Waals surface area (Å²) in [7, 11) is 1.61. The van der Waals surface area contributed by atoms with Crippen LogP contribution in [0.1, 0.15) is 16.2 Å². The van der Waals surface area contributed by atoms with Crippen molar-refractivity contribution >= 4 is 23.2 Å². The number of hydrogen-bond acceptors (Lipinski definition) is 7. The molecule has 0 atom stereocenters. The van der Waals surface area contributed by atoms with Gasteiger partial charge in [0, 0.05) is 17.4 Å². The van der Waals surface area contributed by atoms with Crippen molar-refractivity contribution in [3.8, 4) is 23.0 Å². The molecule has 2 aromatic heterocycles. The van der Waals surface area contributed by atoms with Gasteiger partial charge in [-0.15, -0.1) is 10.2 Å². The van der Waals surface area contributed by atoms with E-state index in [2.05, 4.69) is 20.5 Å². The molecule has 0 saturated heterocycles. The van der Waals surface area contributed by atoms with Crippen LogP contribution in [0.15, 0.2) is 71.3 Å². The van der Waals surface area contributed by atoms with Gasteiger partial charge in [-0.2, -0.15) is 0 Å². The Labute approximate surface area is 182 Å². The predicted molar refractivity (Wildman–Crippen MR) is 114 cm³/mol. The van der Waals surface area contributed by atoms with E-state index in [9.17, 15) is 4.79 Å². The molecule has 4 rings (SSSR count). The first-order valence-corrected chi connectivity index (χ1v) is 9.62. The fourth-order valence-electron chi connectivity index (χ4n) is 2.70. The SMILES string of the molecule is COc1ccc(-c2nnc(COc3ccc(NC(=O)c4cccnc4Cl)cc3)o2)cc1. The molecule has 0 spiro atoms. The molecule has 0 saturated carbocycles. The average Bonchev–Trinajstić information content (AvgIpc) is 3.28. The molecule has 2 heterocycles. The molecule has 31 heavy (non-hydrogen) atoms. The highest BCUT2D eigenvalue weighted by molar-refractivity contribution is 6.33. The summed E-state index contributed by atoms with van der Waals surface area (Å²) < 4.78 is 16.5. The summed E-state index contributed by atoms with van der Waals surface area (Å²) in [5, 5.41) is 10.9. The van der Waals surface area contributed by atoms with Crippen molar-refractivity contribution in [2.75, 3.05) is 12.4 Å². The molecule has 2 aromatic carbocycles. The second-order valence-electron chi connectivity index (χ2n) is 6.34. The van der Waals surface area contributed by atoms with Crippen LogP contribution in [0.3, 0.4) is 0 Å². The zero-order chi connectivity index (χ0) is 21.6. The van der Waals surface area contributed by atoms with Gasteiger partial charge in [0.25, 0.3) is 11.8 Å². The Morgan fingerprint density at radius 1 is 1.03 bits per heavy atom. The van der Waals surface area contributed by atoms with Crippen molar-refractivity contribution < 1.29 is 18.7 Å². The van der Waals surface area contributed by atoms with E-state index in [4.69, 9.17) is 25.5 Å². The fourth-order valence-corrected chi connectivity index (χ4v) is 2.90. The lowest BCUT2D eigenvalue weighted by atomic mass is 10.2. The van der Waals surface area contributed by atoms with Crippen LogP contribution in [0, 0.1) is 0 Å². The first-order valence-electron chi connectivity index (χ1n) is 9.24. The van der Waals surface area contributed by atoms with Crippen molar-refractivity contribution in [1.82, 2.24) is 15.2 Å². The van der Waals surface area contributed by atoms with Gasteiger partial charge in [-0.05, 0) is 60.7 Å². The molecule has 156 valence electrons. The van der Waals surface area contributed by atoms with Gasteiger partial charge in [0.2, 0.25) is 5.89 Å². The Bertz CT molecular complexity index is 1180. The zero-order valence-electron chi connectivity index (χ0n) is 16.4. The maximum Gasteiger partial charge on any atom is 0.258 e. The fraction of sp³-hybridized carbons (Fsp3) is 0.0909. The quantitative estimate of drug-likeness (QED) is 0.422. The van der Waals surface area contributed by atoms with E-state index in [1.165, 1.54) is 6.20 Å². The van der Waals surface area contributed by atoms with Crippen LogP contribution in [0.5, 0.6) is 11.5 Å². The number of pyridine rings is 1. The molecule has 1 amide bonds. The maximum absolute atomic E-state index is 12.3. The number of rotatable bonds is 7. The largest absolute Gasteiger partial charge is 0.497 e. The summed E-state index contributed by atoms with van der Waals surface area (Å²) in [6, 6.07) is 17.4. The molecular weight excluding hydrogens is 420 g/mol. The minimum absolute atomic E-state index is 0.111.